The van der Waals surface area contributed by atoms with E-state index in [9.17, 15) is 8.42 Å². The van der Waals surface area contributed by atoms with Crippen LogP contribution in [0, 0.1) is 0 Å². The molecule has 0 aliphatic rings. The van der Waals surface area contributed by atoms with Crippen molar-refractivity contribution in [1.29, 1.82) is 0 Å². The molecule has 114 valence electrons. The van der Waals surface area contributed by atoms with E-state index in [1.807, 2.05) is 13.2 Å². The van der Waals surface area contributed by atoms with Gasteiger partial charge in [0.1, 0.15) is 10.6 Å². The number of ether oxygens (including phenoxy) is 1. The van der Waals surface area contributed by atoms with Gasteiger partial charge in [-0.05, 0) is 24.1 Å². The minimum Gasteiger partial charge on any atom is -0.497 e. The quantitative estimate of drug-likeness (QED) is 0.758. The highest BCUT2D eigenvalue weighted by atomic mass is 32.2. The average molecular weight is 310 g/mol. The molecule has 2 rings (SSSR count). The number of nitrogen functional groups attached to an aromatic ring is 1. The van der Waals surface area contributed by atoms with E-state index < -0.39 is 10.0 Å². The molecule has 0 amide bonds. The molecule has 2 aromatic rings. The summed E-state index contributed by atoms with van der Waals surface area (Å²) >= 11 is 0. The predicted molar refractivity (Wildman–Crippen MR) is 79.5 cm³/mol. The molecule has 0 saturated carbocycles. The number of nitrogens with zero attached hydrogens (tertiary/aromatic N) is 2. The first-order valence-corrected chi connectivity index (χ1v) is 7.81. The zero-order valence-electron chi connectivity index (χ0n) is 11.9. The van der Waals surface area contributed by atoms with Crippen LogP contribution in [-0.4, -0.2) is 31.9 Å². The van der Waals surface area contributed by atoms with E-state index in [0.717, 1.165) is 5.56 Å². The fourth-order valence-electron chi connectivity index (χ4n) is 1.91. The SMILES string of the molecule is COc1ccc(S(=O)(=O)NCCc2cnn(C)c2)c(N)c1. The van der Waals surface area contributed by atoms with Crippen LogP contribution in [0.4, 0.5) is 5.69 Å². The van der Waals surface area contributed by atoms with Crippen molar-refractivity contribution in [3.05, 3.63) is 36.2 Å². The molecule has 0 atom stereocenters. The number of hydrogen-bond donors (Lipinski definition) is 2. The third-order valence-corrected chi connectivity index (χ3v) is 4.51. The number of nitrogens with one attached hydrogen (secondary N) is 1. The Bertz CT molecular complexity index is 725. The molecule has 0 unspecified atom stereocenters. The molecule has 3 N–H and O–H groups in total. The third-order valence-electron chi connectivity index (χ3n) is 2.97. The first-order chi connectivity index (χ1) is 9.92. The van der Waals surface area contributed by atoms with Crippen molar-refractivity contribution in [2.75, 3.05) is 19.4 Å². The second-order valence-electron chi connectivity index (χ2n) is 4.57. The number of rotatable bonds is 6. The lowest BCUT2D eigenvalue weighted by Gasteiger charge is -2.10. The first-order valence-electron chi connectivity index (χ1n) is 6.33. The van der Waals surface area contributed by atoms with Gasteiger partial charge in [-0.15, -0.1) is 0 Å². The summed E-state index contributed by atoms with van der Waals surface area (Å²) in [6, 6.07) is 4.47. The molecule has 0 aliphatic heterocycles. The number of sulfonamides is 1. The Balaban J connectivity index is 2.04. The van der Waals surface area contributed by atoms with E-state index in [-0.39, 0.29) is 17.1 Å². The summed E-state index contributed by atoms with van der Waals surface area (Å²) in [6.07, 6.45) is 4.11. The largest absolute Gasteiger partial charge is 0.497 e. The van der Waals surface area contributed by atoms with Crippen molar-refractivity contribution < 1.29 is 13.2 Å². The van der Waals surface area contributed by atoms with Crippen molar-refractivity contribution in [3.8, 4) is 5.75 Å². The topological polar surface area (TPSA) is 99.2 Å². The number of benzene rings is 1. The summed E-state index contributed by atoms with van der Waals surface area (Å²) in [5, 5.41) is 4.03. The standard InChI is InChI=1S/C13H18N4O3S/c1-17-9-10(8-15-17)5-6-16-21(18,19)13-4-3-11(20-2)7-12(13)14/h3-4,7-9,16H,5-6,14H2,1-2H3. The van der Waals surface area contributed by atoms with Crippen LogP contribution in [0.25, 0.3) is 0 Å². The molecule has 0 fully saturated rings. The molecule has 7 nitrogen and oxygen atoms in total. The van der Waals surface area contributed by atoms with Crippen LogP contribution >= 0.6 is 0 Å². The number of methoxy groups -OCH3 is 1. The Morgan fingerprint density at radius 2 is 2.19 bits per heavy atom. The van der Waals surface area contributed by atoms with Crippen molar-refractivity contribution in [1.82, 2.24) is 14.5 Å². The van der Waals surface area contributed by atoms with Crippen LogP contribution in [0.2, 0.25) is 0 Å². The van der Waals surface area contributed by atoms with Crippen LogP contribution in [0.1, 0.15) is 5.56 Å². The van der Waals surface area contributed by atoms with Gasteiger partial charge < -0.3 is 10.5 Å². The van der Waals surface area contributed by atoms with E-state index in [2.05, 4.69) is 9.82 Å². The first kappa shape index (κ1) is 15.3. The molecular formula is C13H18N4O3S. The number of aromatic nitrogens is 2. The van der Waals surface area contributed by atoms with Gasteiger partial charge in [0.05, 0.1) is 19.0 Å². The van der Waals surface area contributed by atoms with Crippen LogP contribution in [0.15, 0.2) is 35.5 Å². The predicted octanol–water partition coefficient (Wildman–Crippen LogP) is 0.532. The lowest BCUT2D eigenvalue weighted by molar-refractivity contribution is 0.414. The molecular weight excluding hydrogens is 292 g/mol. The van der Waals surface area contributed by atoms with E-state index in [4.69, 9.17) is 10.5 Å². The Hall–Kier alpha value is -2.06. The molecule has 0 radical (unpaired) electrons. The van der Waals surface area contributed by atoms with Crippen molar-refractivity contribution in [2.45, 2.75) is 11.3 Å². The van der Waals surface area contributed by atoms with Crippen LogP contribution in [0.3, 0.4) is 0 Å². The van der Waals surface area contributed by atoms with Gasteiger partial charge in [0.25, 0.3) is 0 Å². The van der Waals surface area contributed by atoms with Crippen molar-refractivity contribution >= 4 is 15.7 Å². The number of nitrogens with two attached hydrogens (primary N) is 1. The van der Waals surface area contributed by atoms with E-state index in [0.29, 0.717) is 12.2 Å². The second-order valence-corrected chi connectivity index (χ2v) is 6.31. The summed E-state index contributed by atoms with van der Waals surface area (Å²) in [7, 11) is -0.331. The van der Waals surface area contributed by atoms with Gasteiger partial charge >= 0.3 is 0 Å². The normalized spacial score (nSPS) is 11.5. The van der Waals surface area contributed by atoms with E-state index in [1.165, 1.54) is 19.2 Å². The molecule has 8 heteroatoms. The van der Waals surface area contributed by atoms with Crippen molar-refractivity contribution in [3.63, 3.8) is 0 Å². The average Bonchev–Trinajstić information content (AvgIpc) is 2.83. The molecule has 0 saturated heterocycles. The lowest BCUT2D eigenvalue weighted by Crippen LogP contribution is -2.26. The molecule has 0 aliphatic carbocycles. The maximum atomic E-state index is 12.2. The van der Waals surface area contributed by atoms with Gasteiger partial charge in [-0.1, -0.05) is 0 Å². The highest BCUT2D eigenvalue weighted by molar-refractivity contribution is 7.89. The van der Waals surface area contributed by atoms with Gasteiger partial charge in [0.2, 0.25) is 10.0 Å². The van der Waals surface area contributed by atoms with Crippen LogP contribution in [0.5, 0.6) is 5.75 Å². The summed E-state index contributed by atoms with van der Waals surface area (Å²) in [4.78, 5) is 0.0505. The summed E-state index contributed by atoms with van der Waals surface area (Å²) in [6.45, 7) is 0.277. The second kappa shape index (κ2) is 6.15. The fraction of sp³-hybridized carbons (Fsp3) is 0.308. The Kier molecular flexibility index (Phi) is 4.49. The smallest absolute Gasteiger partial charge is 0.242 e. The minimum absolute atomic E-state index is 0.0505. The summed E-state index contributed by atoms with van der Waals surface area (Å²) in [5.41, 5.74) is 6.87. The highest BCUT2D eigenvalue weighted by Crippen LogP contribution is 2.23. The number of anilines is 1. The fourth-order valence-corrected chi connectivity index (χ4v) is 3.05. The maximum absolute atomic E-state index is 12.2. The maximum Gasteiger partial charge on any atom is 0.242 e. The zero-order valence-corrected chi connectivity index (χ0v) is 12.7. The number of aryl methyl sites for hydroxylation is 1. The highest BCUT2D eigenvalue weighted by Gasteiger charge is 2.17. The van der Waals surface area contributed by atoms with Gasteiger partial charge in [-0.2, -0.15) is 5.10 Å². The molecule has 21 heavy (non-hydrogen) atoms. The van der Waals surface area contributed by atoms with Gasteiger partial charge in [-0.25, -0.2) is 13.1 Å². The van der Waals surface area contributed by atoms with Gasteiger partial charge in [0, 0.05) is 25.9 Å². The molecule has 0 spiro atoms. The monoisotopic (exact) mass is 310 g/mol. The lowest BCUT2D eigenvalue weighted by atomic mass is 10.3. The molecule has 1 aromatic carbocycles. The Morgan fingerprint density at radius 1 is 1.43 bits per heavy atom. The minimum atomic E-state index is -3.64. The third kappa shape index (κ3) is 3.73. The Morgan fingerprint density at radius 3 is 2.76 bits per heavy atom. The summed E-state index contributed by atoms with van der Waals surface area (Å²) in [5.74, 6) is 0.516. The van der Waals surface area contributed by atoms with Crippen molar-refractivity contribution in [2.24, 2.45) is 7.05 Å². The Labute approximate surface area is 123 Å². The zero-order chi connectivity index (χ0) is 15.5. The van der Waals surface area contributed by atoms with Gasteiger partial charge in [-0.3, -0.25) is 4.68 Å². The van der Waals surface area contributed by atoms with E-state index >= 15 is 0 Å². The number of hydrogen-bond acceptors (Lipinski definition) is 5. The van der Waals surface area contributed by atoms with Crippen LogP contribution < -0.4 is 15.2 Å². The summed E-state index contributed by atoms with van der Waals surface area (Å²) < 4.78 is 33.6. The van der Waals surface area contributed by atoms with Gasteiger partial charge in [0.15, 0.2) is 0 Å². The van der Waals surface area contributed by atoms with E-state index in [1.54, 1.807) is 16.9 Å². The molecule has 0 bridgehead atoms. The molecule has 1 aromatic heterocycles. The molecule has 1 heterocycles. The van der Waals surface area contributed by atoms with Crippen LogP contribution in [-0.2, 0) is 23.5 Å².